The van der Waals surface area contributed by atoms with Crippen LogP contribution in [-0.2, 0) is 6.54 Å². The van der Waals surface area contributed by atoms with E-state index in [0.29, 0.717) is 5.95 Å². The summed E-state index contributed by atoms with van der Waals surface area (Å²) in [7, 11) is 0. The lowest BCUT2D eigenvalue weighted by atomic mass is 10.2. The lowest BCUT2D eigenvalue weighted by Gasteiger charge is -2.04. The molecule has 18 heavy (non-hydrogen) atoms. The van der Waals surface area contributed by atoms with Crippen LogP contribution in [0, 0.1) is 13.8 Å². The molecule has 0 aliphatic heterocycles. The van der Waals surface area contributed by atoms with Gasteiger partial charge in [0.15, 0.2) is 0 Å². The van der Waals surface area contributed by atoms with Crippen molar-refractivity contribution in [2.45, 2.75) is 33.7 Å². The molecule has 0 aliphatic rings. The fraction of sp³-hybridized carbons (Fsp3) is 0.462. The van der Waals surface area contributed by atoms with Gasteiger partial charge in [0.1, 0.15) is 0 Å². The number of rotatable bonds is 5. The molecule has 0 saturated heterocycles. The van der Waals surface area contributed by atoms with E-state index in [9.17, 15) is 0 Å². The Morgan fingerprint density at radius 2 is 1.94 bits per heavy atom. The summed E-state index contributed by atoms with van der Waals surface area (Å²) in [5.74, 6) is 0.625. The SMILES string of the molecule is CCCNCc1c(C)nn(-c2ncccn2)c1C. The summed E-state index contributed by atoms with van der Waals surface area (Å²) in [6.45, 7) is 8.10. The maximum absolute atomic E-state index is 4.51. The summed E-state index contributed by atoms with van der Waals surface area (Å²) in [4.78, 5) is 8.46. The second-order valence-electron chi connectivity index (χ2n) is 4.29. The highest BCUT2D eigenvalue weighted by atomic mass is 15.4. The zero-order valence-electron chi connectivity index (χ0n) is 11.1. The average molecular weight is 245 g/mol. The van der Waals surface area contributed by atoms with Crippen LogP contribution in [0.4, 0.5) is 0 Å². The Kier molecular flexibility index (Phi) is 4.04. The van der Waals surface area contributed by atoms with Gasteiger partial charge in [-0.05, 0) is 32.9 Å². The van der Waals surface area contributed by atoms with Crippen molar-refractivity contribution in [2.24, 2.45) is 0 Å². The first-order valence-corrected chi connectivity index (χ1v) is 6.27. The third-order valence-corrected chi connectivity index (χ3v) is 2.91. The lowest BCUT2D eigenvalue weighted by molar-refractivity contribution is 0.670. The molecule has 0 saturated carbocycles. The first-order chi connectivity index (χ1) is 8.74. The highest BCUT2D eigenvalue weighted by molar-refractivity contribution is 5.29. The van der Waals surface area contributed by atoms with Crippen molar-refractivity contribution >= 4 is 0 Å². The van der Waals surface area contributed by atoms with E-state index in [0.717, 1.165) is 30.9 Å². The number of aromatic nitrogens is 4. The normalized spacial score (nSPS) is 10.8. The zero-order valence-corrected chi connectivity index (χ0v) is 11.1. The summed E-state index contributed by atoms with van der Waals surface area (Å²) in [5.41, 5.74) is 3.36. The zero-order chi connectivity index (χ0) is 13.0. The second kappa shape index (κ2) is 5.73. The maximum Gasteiger partial charge on any atom is 0.250 e. The van der Waals surface area contributed by atoms with Crippen LogP contribution >= 0.6 is 0 Å². The molecule has 0 aromatic carbocycles. The fourth-order valence-corrected chi connectivity index (χ4v) is 1.92. The van der Waals surface area contributed by atoms with Gasteiger partial charge in [-0.3, -0.25) is 0 Å². The Labute approximate surface area is 107 Å². The van der Waals surface area contributed by atoms with Crippen LogP contribution in [0.15, 0.2) is 18.5 Å². The van der Waals surface area contributed by atoms with Crippen LogP contribution in [0.3, 0.4) is 0 Å². The molecule has 5 heteroatoms. The van der Waals surface area contributed by atoms with Gasteiger partial charge in [0.25, 0.3) is 5.95 Å². The highest BCUT2D eigenvalue weighted by Crippen LogP contribution is 2.15. The molecule has 2 aromatic rings. The maximum atomic E-state index is 4.51. The molecule has 2 aromatic heterocycles. The molecule has 2 rings (SSSR count). The monoisotopic (exact) mass is 245 g/mol. The van der Waals surface area contributed by atoms with E-state index in [-0.39, 0.29) is 0 Å². The molecule has 0 bridgehead atoms. The van der Waals surface area contributed by atoms with Gasteiger partial charge in [-0.1, -0.05) is 6.92 Å². The molecule has 0 aliphatic carbocycles. The molecular formula is C13H19N5. The predicted octanol–water partition coefficient (Wildman–Crippen LogP) is 1.78. The van der Waals surface area contributed by atoms with Gasteiger partial charge in [-0.15, -0.1) is 0 Å². The van der Waals surface area contributed by atoms with Gasteiger partial charge in [0.05, 0.1) is 5.69 Å². The second-order valence-corrected chi connectivity index (χ2v) is 4.29. The molecule has 0 unspecified atom stereocenters. The van der Waals surface area contributed by atoms with Crippen LogP contribution in [0.5, 0.6) is 0 Å². The topological polar surface area (TPSA) is 55.6 Å². The first-order valence-electron chi connectivity index (χ1n) is 6.27. The molecule has 0 atom stereocenters. The third-order valence-electron chi connectivity index (χ3n) is 2.91. The summed E-state index contributed by atoms with van der Waals surface area (Å²) >= 11 is 0. The van der Waals surface area contributed by atoms with Crippen LogP contribution in [-0.4, -0.2) is 26.3 Å². The smallest absolute Gasteiger partial charge is 0.250 e. The Morgan fingerprint density at radius 3 is 2.61 bits per heavy atom. The van der Waals surface area contributed by atoms with E-state index in [2.05, 4.69) is 34.2 Å². The standard InChI is InChI=1S/C13H19N5/c1-4-6-14-9-12-10(2)17-18(11(12)3)13-15-7-5-8-16-13/h5,7-8,14H,4,6,9H2,1-3H3. The van der Waals surface area contributed by atoms with E-state index < -0.39 is 0 Å². The van der Waals surface area contributed by atoms with E-state index in [1.54, 1.807) is 23.1 Å². The van der Waals surface area contributed by atoms with Gasteiger partial charge >= 0.3 is 0 Å². The van der Waals surface area contributed by atoms with Crippen molar-refractivity contribution in [3.05, 3.63) is 35.4 Å². The quantitative estimate of drug-likeness (QED) is 0.816. The molecular weight excluding hydrogens is 226 g/mol. The van der Waals surface area contributed by atoms with Gasteiger partial charge in [0, 0.05) is 30.2 Å². The molecule has 1 N–H and O–H groups in total. The Balaban J connectivity index is 2.26. The Hall–Kier alpha value is -1.75. The highest BCUT2D eigenvalue weighted by Gasteiger charge is 2.13. The Morgan fingerprint density at radius 1 is 1.22 bits per heavy atom. The minimum atomic E-state index is 0.625. The van der Waals surface area contributed by atoms with Crippen LogP contribution in [0.25, 0.3) is 5.95 Å². The molecule has 5 nitrogen and oxygen atoms in total. The van der Waals surface area contributed by atoms with E-state index in [4.69, 9.17) is 0 Å². The van der Waals surface area contributed by atoms with Crippen molar-refractivity contribution in [1.29, 1.82) is 0 Å². The number of nitrogens with one attached hydrogen (secondary N) is 1. The average Bonchev–Trinajstić information content (AvgIpc) is 2.68. The van der Waals surface area contributed by atoms with Crippen LogP contribution < -0.4 is 5.32 Å². The lowest BCUT2D eigenvalue weighted by Crippen LogP contribution is -2.15. The van der Waals surface area contributed by atoms with Crippen molar-refractivity contribution < 1.29 is 0 Å². The molecule has 0 radical (unpaired) electrons. The van der Waals surface area contributed by atoms with Crippen molar-refractivity contribution in [3.63, 3.8) is 0 Å². The number of hydrogen-bond acceptors (Lipinski definition) is 4. The summed E-state index contributed by atoms with van der Waals surface area (Å²) in [6.07, 6.45) is 4.59. The van der Waals surface area contributed by atoms with E-state index >= 15 is 0 Å². The number of nitrogens with zero attached hydrogens (tertiary/aromatic N) is 4. The summed E-state index contributed by atoms with van der Waals surface area (Å²) < 4.78 is 1.80. The van der Waals surface area contributed by atoms with Crippen molar-refractivity contribution in [1.82, 2.24) is 25.1 Å². The Bertz CT molecular complexity index is 504. The summed E-state index contributed by atoms with van der Waals surface area (Å²) in [5, 5.41) is 7.91. The molecule has 0 amide bonds. The van der Waals surface area contributed by atoms with Crippen molar-refractivity contribution in [3.8, 4) is 5.95 Å². The number of aryl methyl sites for hydroxylation is 1. The van der Waals surface area contributed by atoms with Crippen molar-refractivity contribution in [2.75, 3.05) is 6.54 Å². The van der Waals surface area contributed by atoms with Gasteiger partial charge in [-0.25, -0.2) is 14.6 Å². The molecule has 0 fully saturated rings. The number of hydrogen-bond donors (Lipinski definition) is 1. The fourth-order valence-electron chi connectivity index (χ4n) is 1.92. The van der Waals surface area contributed by atoms with E-state index in [1.165, 1.54) is 5.56 Å². The van der Waals surface area contributed by atoms with Gasteiger partial charge < -0.3 is 5.32 Å². The molecule has 0 spiro atoms. The van der Waals surface area contributed by atoms with Crippen LogP contribution in [0.1, 0.15) is 30.3 Å². The molecule has 96 valence electrons. The largest absolute Gasteiger partial charge is 0.313 e. The van der Waals surface area contributed by atoms with Gasteiger partial charge in [0.2, 0.25) is 0 Å². The summed E-state index contributed by atoms with van der Waals surface area (Å²) in [6, 6.07) is 1.80. The predicted molar refractivity (Wildman–Crippen MR) is 70.6 cm³/mol. The molecule has 2 heterocycles. The van der Waals surface area contributed by atoms with Crippen LogP contribution in [0.2, 0.25) is 0 Å². The minimum Gasteiger partial charge on any atom is -0.313 e. The minimum absolute atomic E-state index is 0.625. The van der Waals surface area contributed by atoms with Gasteiger partial charge in [-0.2, -0.15) is 5.10 Å². The first kappa shape index (κ1) is 12.7. The third kappa shape index (κ3) is 2.56. The van der Waals surface area contributed by atoms with E-state index in [1.807, 2.05) is 6.92 Å².